The lowest BCUT2D eigenvalue weighted by Gasteiger charge is -2.36. The highest BCUT2D eigenvalue weighted by atomic mass is 19.1. The van der Waals surface area contributed by atoms with Gasteiger partial charge in [-0.25, -0.2) is 8.78 Å². The predicted octanol–water partition coefficient (Wildman–Crippen LogP) is 7.41. The van der Waals surface area contributed by atoms with Gasteiger partial charge in [-0.05, 0) is 71.7 Å². The summed E-state index contributed by atoms with van der Waals surface area (Å²) in [6.45, 7) is 4.46. The Labute approximate surface area is 222 Å². The van der Waals surface area contributed by atoms with Crippen LogP contribution < -0.4 is 5.01 Å². The summed E-state index contributed by atoms with van der Waals surface area (Å²) < 4.78 is 27.5. The molecule has 1 saturated heterocycles. The van der Waals surface area contributed by atoms with Crippen LogP contribution in [0.25, 0.3) is 6.08 Å². The number of piperidine rings is 1. The van der Waals surface area contributed by atoms with E-state index in [-0.39, 0.29) is 23.6 Å². The molecule has 5 heteroatoms. The van der Waals surface area contributed by atoms with E-state index in [0.29, 0.717) is 0 Å². The average molecular weight is 506 g/mol. The smallest absolute Gasteiger partial charge is 0.123 e. The first-order chi connectivity index (χ1) is 18.5. The molecule has 0 bridgehead atoms. The minimum Gasteiger partial charge on any atom is -0.294 e. The van der Waals surface area contributed by atoms with Crippen LogP contribution in [0.2, 0.25) is 0 Å². The maximum atomic E-state index is 13.9. The van der Waals surface area contributed by atoms with E-state index < -0.39 is 0 Å². The second-order valence-electron chi connectivity index (χ2n) is 10.1. The van der Waals surface area contributed by atoms with Crippen molar-refractivity contribution in [1.82, 2.24) is 4.90 Å². The highest BCUT2D eigenvalue weighted by Gasteiger charge is 2.44. The van der Waals surface area contributed by atoms with Gasteiger partial charge in [-0.1, -0.05) is 72.3 Å². The van der Waals surface area contributed by atoms with E-state index in [2.05, 4.69) is 59.3 Å². The maximum Gasteiger partial charge on any atom is 0.123 e. The molecule has 38 heavy (non-hydrogen) atoms. The van der Waals surface area contributed by atoms with E-state index in [1.165, 1.54) is 35.4 Å². The van der Waals surface area contributed by atoms with E-state index in [4.69, 9.17) is 5.10 Å². The van der Waals surface area contributed by atoms with E-state index in [1.807, 2.05) is 30.3 Å². The van der Waals surface area contributed by atoms with Crippen molar-refractivity contribution in [3.8, 4) is 0 Å². The van der Waals surface area contributed by atoms with Gasteiger partial charge in [0.1, 0.15) is 11.6 Å². The van der Waals surface area contributed by atoms with Crippen LogP contribution in [0.3, 0.4) is 0 Å². The molecule has 0 radical (unpaired) electrons. The Morgan fingerprint density at radius 1 is 0.816 bits per heavy atom. The Kier molecular flexibility index (Phi) is 6.61. The Hall–Kier alpha value is -4.09. The third kappa shape index (κ3) is 5.02. The van der Waals surface area contributed by atoms with Crippen molar-refractivity contribution in [3.63, 3.8) is 0 Å². The van der Waals surface area contributed by atoms with Crippen LogP contribution in [-0.2, 0) is 6.54 Å². The molecule has 0 saturated carbocycles. The van der Waals surface area contributed by atoms with Crippen molar-refractivity contribution >= 4 is 17.5 Å². The Bertz CT molecular complexity index is 1460. The Morgan fingerprint density at radius 3 is 2.16 bits per heavy atom. The first-order valence-corrected chi connectivity index (χ1v) is 13.0. The molecule has 4 aromatic carbocycles. The summed E-state index contributed by atoms with van der Waals surface area (Å²) in [7, 11) is 0. The monoisotopic (exact) mass is 505 g/mol. The van der Waals surface area contributed by atoms with Crippen LogP contribution in [0.5, 0.6) is 0 Å². The lowest BCUT2D eigenvalue weighted by molar-refractivity contribution is 0.245. The maximum absolute atomic E-state index is 13.9. The van der Waals surface area contributed by atoms with Crippen molar-refractivity contribution < 1.29 is 8.78 Å². The zero-order valence-electron chi connectivity index (χ0n) is 21.3. The SMILES string of the molecule is Cc1ccc(CN2CC(=Cc3ccc(F)cc3)C3=NN(c4ccccc4)C(c4ccc(F)cc4)C3C2)cc1. The van der Waals surface area contributed by atoms with Crippen molar-refractivity contribution in [2.75, 3.05) is 18.1 Å². The zero-order valence-corrected chi connectivity index (χ0v) is 21.3. The number of nitrogens with zero attached hydrogens (tertiary/aromatic N) is 3. The summed E-state index contributed by atoms with van der Waals surface area (Å²) in [5, 5.41) is 7.28. The number of fused-ring (bicyclic) bond motifs is 1. The number of hydrogen-bond donors (Lipinski definition) is 0. The van der Waals surface area contributed by atoms with E-state index in [9.17, 15) is 8.78 Å². The quantitative estimate of drug-likeness (QED) is 0.281. The lowest BCUT2D eigenvalue weighted by Crippen LogP contribution is -2.43. The highest BCUT2D eigenvalue weighted by molar-refractivity contribution is 6.09. The van der Waals surface area contributed by atoms with Crippen LogP contribution in [0.4, 0.5) is 14.5 Å². The molecule has 1 fully saturated rings. The Balaban J connectivity index is 1.43. The van der Waals surface area contributed by atoms with E-state index in [0.717, 1.165) is 47.7 Å². The van der Waals surface area contributed by atoms with Gasteiger partial charge in [-0.15, -0.1) is 0 Å². The van der Waals surface area contributed by atoms with Gasteiger partial charge in [0.25, 0.3) is 0 Å². The van der Waals surface area contributed by atoms with Gasteiger partial charge >= 0.3 is 0 Å². The van der Waals surface area contributed by atoms with Gasteiger partial charge in [0.2, 0.25) is 0 Å². The number of aryl methyl sites for hydroxylation is 1. The summed E-state index contributed by atoms with van der Waals surface area (Å²) in [5.74, 6) is -0.424. The normalized spacial score (nSPS) is 20.4. The largest absolute Gasteiger partial charge is 0.294 e. The first-order valence-electron chi connectivity index (χ1n) is 13.0. The molecule has 0 N–H and O–H groups in total. The number of benzene rings is 4. The summed E-state index contributed by atoms with van der Waals surface area (Å²) in [6, 6.07) is 32.1. The fourth-order valence-corrected chi connectivity index (χ4v) is 5.51. The molecule has 0 amide bonds. The molecule has 0 aromatic heterocycles. The molecule has 190 valence electrons. The van der Waals surface area contributed by atoms with E-state index >= 15 is 0 Å². The van der Waals surface area contributed by atoms with Crippen molar-refractivity contribution in [3.05, 3.63) is 143 Å². The standard InChI is InChI=1S/C33H29F2N3/c1-23-7-9-25(10-8-23)20-37-21-27(19-24-11-15-28(34)16-12-24)32-31(22-37)33(26-13-17-29(35)18-14-26)38(36-32)30-5-3-2-4-6-30/h2-19,31,33H,20-22H2,1H3. The number of hydrogen-bond acceptors (Lipinski definition) is 3. The minimum absolute atomic E-state index is 0.0755. The topological polar surface area (TPSA) is 18.8 Å². The molecule has 0 aliphatic carbocycles. The van der Waals surface area contributed by atoms with Crippen LogP contribution in [0.1, 0.15) is 28.3 Å². The number of likely N-dealkylation sites (tertiary alicyclic amines) is 1. The molecule has 2 atom stereocenters. The van der Waals surface area contributed by atoms with Crippen LogP contribution in [0, 0.1) is 24.5 Å². The second kappa shape index (κ2) is 10.3. The fraction of sp³-hybridized carbons (Fsp3) is 0.182. The second-order valence-corrected chi connectivity index (χ2v) is 10.1. The van der Waals surface area contributed by atoms with Gasteiger partial charge < -0.3 is 0 Å². The van der Waals surface area contributed by atoms with Crippen molar-refractivity contribution in [2.45, 2.75) is 19.5 Å². The summed E-state index contributed by atoms with van der Waals surface area (Å²) in [4.78, 5) is 2.45. The Morgan fingerprint density at radius 2 is 1.47 bits per heavy atom. The number of hydrazone groups is 1. The summed E-state index contributed by atoms with van der Waals surface area (Å²) >= 11 is 0. The van der Waals surface area contributed by atoms with Crippen molar-refractivity contribution in [2.24, 2.45) is 11.0 Å². The molecule has 2 unspecified atom stereocenters. The number of rotatable bonds is 5. The van der Waals surface area contributed by atoms with Gasteiger partial charge in [0, 0.05) is 25.6 Å². The number of para-hydroxylation sites is 1. The molecular weight excluding hydrogens is 476 g/mol. The molecule has 3 nitrogen and oxygen atoms in total. The zero-order chi connectivity index (χ0) is 26.1. The molecule has 4 aromatic rings. The first kappa shape index (κ1) is 24.3. The lowest BCUT2D eigenvalue weighted by atomic mass is 9.82. The molecule has 6 rings (SSSR count). The van der Waals surface area contributed by atoms with Gasteiger partial charge in [0.15, 0.2) is 0 Å². The third-order valence-corrected chi connectivity index (χ3v) is 7.36. The fourth-order valence-electron chi connectivity index (χ4n) is 5.51. The summed E-state index contributed by atoms with van der Waals surface area (Å²) in [6.07, 6.45) is 2.13. The van der Waals surface area contributed by atoms with E-state index in [1.54, 1.807) is 12.1 Å². The highest BCUT2D eigenvalue weighted by Crippen LogP contribution is 2.43. The van der Waals surface area contributed by atoms with Crippen molar-refractivity contribution in [1.29, 1.82) is 0 Å². The van der Waals surface area contributed by atoms with Crippen LogP contribution in [-0.4, -0.2) is 23.7 Å². The molecule has 2 heterocycles. The molecule has 0 spiro atoms. The van der Waals surface area contributed by atoms with Gasteiger partial charge in [0.05, 0.1) is 17.4 Å². The molecular formula is C33H29F2N3. The molecule has 2 aliphatic heterocycles. The number of anilines is 1. The summed E-state index contributed by atoms with van der Waals surface area (Å²) in [5.41, 5.74) is 7.61. The average Bonchev–Trinajstić information content (AvgIpc) is 3.32. The van der Waals surface area contributed by atoms with Crippen LogP contribution in [0.15, 0.2) is 114 Å². The van der Waals surface area contributed by atoms with Crippen LogP contribution >= 0.6 is 0 Å². The predicted molar refractivity (Wildman–Crippen MR) is 150 cm³/mol. The minimum atomic E-state index is -0.250. The third-order valence-electron chi connectivity index (χ3n) is 7.36. The van der Waals surface area contributed by atoms with Gasteiger partial charge in [-0.2, -0.15) is 5.10 Å². The molecule has 2 aliphatic rings. The van der Waals surface area contributed by atoms with Gasteiger partial charge in [-0.3, -0.25) is 9.91 Å². The number of halogens is 2.